The van der Waals surface area contributed by atoms with Gasteiger partial charge in [0.2, 0.25) is 0 Å². The topological polar surface area (TPSA) is 62.0 Å². The van der Waals surface area contributed by atoms with Crippen molar-refractivity contribution in [2.24, 2.45) is 0 Å². The maximum absolute atomic E-state index is 13.6. The molecule has 1 amide bonds. The van der Waals surface area contributed by atoms with Gasteiger partial charge in [-0.15, -0.1) is 0 Å². The van der Waals surface area contributed by atoms with E-state index in [9.17, 15) is 18.4 Å². The van der Waals surface area contributed by atoms with Gasteiger partial charge < -0.3 is 10.3 Å². The quantitative estimate of drug-likeness (QED) is 0.485. The largest absolute Gasteiger partial charge is 0.361 e. The minimum atomic E-state index is -0.864. The van der Waals surface area contributed by atoms with Crippen LogP contribution in [0.15, 0.2) is 77.7 Å². The van der Waals surface area contributed by atoms with E-state index in [2.05, 4.69) is 10.3 Å². The Hall–Kier alpha value is -3.51. The number of halogens is 3. The van der Waals surface area contributed by atoms with Crippen LogP contribution in [0.4, 0.5) is 8.78 Å². The normalized spacial score (nSPS) is 12.0. The third kappa shape index (κ3) is 3.95. The summed E-state index contributed by atoms with van der Waals surface area (Å²) in [5, 5.41) is 3.60. The van der Waals surface area contributed by atoms with Crippen LogP contribution >= 0.6 is 11.6 Å². The SMILES string of the molecule is O=C(NC(c1ccccc1)c1c[nH]c2cc(Cl)ccc2c1=O)c1cc(F)cc(F)c1. The number of aromatic amines is 1. The average Bonchev–Trinajstić information content (AvgIpc) is 2.72. The van der Waals surface area contributed by atoms with Crippen molar-refractivity contribution in [3.8, 4) is 0 Å². The minimum Gasteiger partial charge on any atom is -0.361 e. The molecule has 0 radical (unpaired) electrons. The second kappa shape index (κ2) is 8.08. The highest BCUT2D eigenvalue weighted by atomic mass is 35.5. The van der Waals surface area contributed by atoms with E-state index in [0.29, 0.717) is 27.6 Å². The van der Waals surface area contributed by atoms with E-state index in [4.69, 9.17) is 11.6 Å². The summed E-state index contributed by atoms with van der Waals surface area (Å²) in [7, 11) is 0. The lowest BCUT2D eigenvalue weighted by Crippen LogP contribution is -2.32. The first-order chi connectivity index (χ1) is 14.4. The molecule has 4 aromatic rings. The maximum atomic E-state index is 13.6. The number of benzene rings is 3. The first-order valence-corrected chi connectivity index (χ1v) is 9.43. The summed E-state index contributed by atoms with van der Waals surface area (Å²) in [6.07, 6.45) is 1.51. The van der Waals surface area contributed by atoms with Crippen molar-refractivity contribution in [1.82, 2.24) is 10.3 Å². The summed E-state index contributed by atoms with van der Waals surface area (Å²) >= 11 is 5.99. The van der Waals surface area contributed by atoms with Crippen LogP contribution in [0.3, 0.4) is 0 Å². The number of aromatic nitrogens is 1. The molecule has 4 nitrogen and oxygen atoms in total. The van der Waals surface area contributed by atoms with Gasteiger partial charge in [-0.1, -0.05) is 41.9 Å². The molecule has 2 N–H and O–H groups in total. The van der Waals surface area contributed by atoms with Gasteiger partial charge in [-0.2, -0.15) is 0 Å². The van der Waals surface area contributed by atoms with Gasteiger partial charge in [-0.3, -0.25) is 9.59 Å². The van der Waals surface area contributed by atoms with Crippen LogP contribution < -0.4 is 10.7 Å². The standard InChI is InChI=1S/C23H15ClF2N2O2/c24-15-6-7-18-20(10-15)27-12-19(22(18)29)21(13-4-2-1-3-5-13)28-23(30)14-8-16(25)11-17(26)9-14/h1-12,21H,(H,27,29)(H,28,30). The molecule has 0 aliphatic carbocycles. The van der Waals surface area contributed by atoms with Crippen LogP contribution in [0.1, 0.15) is 27.5 Å². The fourth-order valence-electron chi connectivity index (χ4n) is 3.31. The third-order valence-electron chi connectivity index (χ3n) is 4.72. The highest BCUT2D eigenvalue weighted by molar-refractivity contribution is 6.31. The number of carbonyl (C=O) groups excluding carboxylic acids is 1. The number of hydrogen-bond acceptors (Lipinski definition) is 2. The average molecular weight is 425 g/mol. The lowest BCUT2D eigenvalue weighted by atomic mass is 9.97. The van der Waals surface area contributed by atoms with Crippen LogP contribution in [-0.4, -0.2) is 10.9 Å². The number of hydrogen-bond donors (Lipinski definition) is 2. The van der Waals surface area contributed by atoms with Crippen molar-refractivity contribution in [2.75, 3.05) is 0 Å². The Morgan fingerprint density at radius 3 is 2.37 bits per heavy atom. The number of rotatable bonds is 4. The van der Waals surface area contributed by atoms with Crippen LogP contribution in [0, 0.1) is 11.6 Å². The van der Waals surface area contributed by atoms with Gasteiger partial charge in [0, 0.05) is 33.8 Å². The summed E-state index contributed by atoms with van der Waals surface area (Å²) in [4.78, 5) is 28.9. The van der Waals surface area contributed by atoms with Crippen molar-refractivity contribution >= 4 is 28.4 Å². The van der Waals surface area contributed by atoms with Crippen molar-refractivity contribution in [2.45, 2.75) is 6.04 Å². The molecule has 4 rings (SSSR count). The van der Waals surface area contributed by atoms with E-state index < -0.39 is 23.6 Å². The Morgan fingerprint density at radius 2 is 1.67 bits per heavy atom. The first kappa shape index (κ1) is 19.8. The van der Waals surface area contributed by atoms with Crippen molar-refractivity contribution in [3.63, 3.8) is 0 Å². The van der Waals surface area contributed by atoms with Crippen LogP contribution in [0.2, 0.25) is 5.02 Å². The number of amides is 1. The summed E-state index contributed by atoms with van der Waals surface area (Å²) < 4.78 is 27.1. The monoisotopic (exact) mass is 424 g/mol. The Morgan fingerprint density at radius 1 is 0.967 bits per heavy atom. The van der Waals surface area contributed by atoms with Crippen molar-refractivity contribution < 1.29 is 13.6 Å². The molecule has 3 aromatic carbocycles. The zero-order chi connectivity index (χ0) is 21.3. The van der Waals surface area contributed by atoms with Gasteiger partial charge in [-0.25, -0.2) is 8.78 Å². The molecule has 0 fully saturated rings. The molecule has 1 atom stereocenters. The molecular formula is C23H15ClF2N2O2. The van der Waals surface area contributed by atoms with E-state index in [1.165, 1.54) is 6.20 Å². The van der Waals surface area contributed by atoms with Gasteiger partial charge >= 0.3 is 0 Å². The molecule has 1 aromatic heterocycles. The smallest absolute Gasteiger partial charge is 0.252 e. The van der Waals surface area contributed by atoms with Gasteiger partial charge in [0.05, 0.1) is 11.6 Å². The van der Waals surface area contributed by atoms with E-state index in [1.807, 2.05) is 0 Å². The molecule has 0 aliphatic heterocycles. The predicted octanol–water partition coefficient (Wildman–Crippen LogP) is 4.98. The van der Waals surface area contributed by atoms with Crippen LogP contribution in [-0.2, 0) is 0 Å². The molecule has 0 aliphatic rings. The number of nitrogens with one attached hydrogen (secondary N) is 2. The van der Waals surface area contributed by atoms with Gasteiger partial charge in [0.25, 0.3) is 5.91 Å². The Labute approximate surface area is 175 Å². The number of H-pyrrole nitrogens is 1. The van der Waals surface area contributed by atoms with Gasteiger partial charge in [-0.05, 0) is 35.9 Å². The molecule has 150 valence electrons. The second-order valence-corrected chi connectivity index (χ2v) is 7.17. The highest BCUT2D eigenvalue weighted by Crippen LogP contribution is 2.23. The molecule has 0 saturated carbocycles. The van der Waals surface area contributed by atoms with E-state index >= 15 is 0 Å². The molecule has 1 unspecified atom stereocenters. The minimum absolute atomic E-state index is 0.183. The predicted molar refractivity (Wildman–Crippen MR) is 112 cm³/mol. The number of fused-ring (bicyclic) bond motifs is 1. The zero-order valence-electron chi connectivity index (χ0n) is 15.5. The zero-order valence-corrected chi connectivity index (χ0v) is 16.2. The van der Waals surface area contributed by atoms with Crippen molar-refractivity contribution in [3.05, 3.63) is 116 Å². The molecule has 0 bridgehead atoms. The van der Waals surface area contributed by atoms with Gasteiger partial charge in [0.1, 0.15) is 11.6 Å². The molecule has 30 heavy (non-hydrogen) atoms. The van der Waals surface area contributed by atoms with E-state index in [1.54, 1.807) is 48.5 Å². The van der Waals surface area contributed by atoms with E-state index in [-0.39, 0.29) is 16.6 Å². The number of carbonyl (C=O) groups is 1. The molecular weight excluding hydrogens is 410 g/mol. The highest BCUT2D eigenvalue weighted by Gasteiger charge is 2.22. The lowest BCUT2D eigenvalue weighted by molar-refractivity contribution is 0.0942. The summed E-state index contributed by atoms with van der Waals surface area (Å²) in [5.74, 6) is -2.44. The molecule has 0 saturated heterocycles. The molecule has 0 spiro atoms. The maximum Gasteiger partial charge on any atom is 0.252 e. The summed E-state index contributed by atoms with van der Waals surface area (Å²) in [6, 6.07) is 15.4. The Kier molecular flexibility index (Phi) is 5.33. The van der Waals surface area contributed by atoms with Crippen LogP contribution in [0.5, 0.6) is 0 Å². The summed E-state index contributed by atoms with van der Waals surface area (Å²) in [6.45, 7) is 0. The number of pyridine rings is 1. The second-order valence-electron chi connectivity index (χ2n) is 6.74. The van der Waals surface area contributed by atoms with Gasteiger partial charge in [0.15, 0.2) is 5.43 Å². The Balaban J connectivity index is 1.81. The fraction of sp³-hybridized carbons (Fsp3) is 0.0435. The van der Waals surface area contributed by atoms with Crippen molar-refractivity contribution in [1.29, 1.82) is 0 Å². The summed E-state index contributed by atoms with van der Waals surface area (Å²) in [5.41, 5.74) is 1.00. The first-order valence-electron chi connectivity index (χ1n) is 9.05. The van der Waals surface area contributed by atoms with E-state index in [0.717, 1.165) is 12.1 Å². The third-order valence-corrected chi connectivity index (χ3v) is 4.95. The fourth-order valence-corrected chi connectivity index (χ4v) is 3.48. The molecule has 1 heterocycles. The molecule has 7 heteroatoms. The lowest BCUT2D eigenvalue weighted by Gasteiger charge is -2.20. The van der Waals surface area contributed by atoms with Crippen LogP contribution in [0.25, 0.3) is 10.9 Å². The Bertz CT molecular complexity index is 1290.